The Morgan fingerprint density at radius 1 is 1.31 bits per heavy atom. The van der Waals surface area contributed by atoms with Crippen LogP contribution in [-0.4, -0.2) is 14.7 Å². The van der Waals surface area contributed by atoms with Gasteiger partial charge in [0.2, 0.25) is 0 Å². The van der Waals surface area contributed by atoms with Crippen LogP contribution in [0.2, 0.25) is 0 Å². The van der Waals surface area contributed by atoms with E-state index in [1.54, 1.807) is 0 Å². The summed E-state index contributed by atoms with van der Waals surface area (Å²) in [5.74, 6) is 0. The average Bonchev–Trinajstić information content (AvgIpc) is 2.16. The normalized spacial score (nSPS) is 14.9. The summed E-state index contributed by atoms with van der Waals surface area (Å²) in [6.45, 7) is 7.52. The lowest BCUT2D eigenvalue weighted by atomic mass is 10.1. The molecule has 1 rings (SSSR count). The number of anilines is 1. The van der Waals surface area contributed by atoms with E-state index in [-0.39, 0.29) is 4.75 Å². The topological polar surface area (TPSA) is 55.5 Å². The molecule has 1 atom stereocenters. The fraction of sp³-hybridized carbons (Fsp3) is 0.417. The van der Waals surface area contributed by atoms with Crippen LogP contribution in [0.25, 0.3) is 0 Å². The highest BCUT2D eigenvalue weighted by atomic mass is 32.2. The highest BCUT2D eigenvalue weighted by molar-refractivity contribution is 7.85. The maximum atomic E-state index is 11.8. The average molecular weight is 238 g/mol. The number of hydrogen-bond acceptors (Lipinski definition) is 2. The Labute approximate surface area is 99.4 Å². The standard InChI is InChI=1S/C12H18N2OS/c1-9(14-16(15)12(2,3)4)10-7-5-6-8-11(10)13/h5-8H,13H2,1-4H3/b14-9+/t16-/m1/s1. The van der Waals surface area contributed by atoms with Gasteiger partial charge in [0.1, 0.15) is 11.0 Å². The molecular formula is C12H18N2OS. The zero-order chi connectivity index (χ0) is 12.3. The monoisotopic (exact) mass is 238 g/mol. The molecule has 0 amide bonds. The third kappa shape index (κ3) is 3.17. The van der Waals surface area contributed by atoms with Gasteiger partial charge in [-0.05, 0) is 33.8 Å². The molecule has 0 heterocycles. The van der Waals surface area contributed by atoms with Crippen LogP contribution in [0.1, 0.15) is 33.3 Å². The van der Waals surface area contributed by atoms with Gasteiger partial charge < -0.3 is 5.73 Å². The summed E-state index contributed by atoms with van der Waals surface area (Å²) in [5.41, 5.74) is 8.05. The second-order valence-corrected chi connectivity index (χ2v) is 6.53. The first-order valence-electron chi connectivity index (χ1n) is 5.14. The van der Waals surface area contributed by atoms with E-state index in [2.05, 4.69) is 4.40 Å². The van der Waals surface area contributed by atoms with Gasteiger partial charge in [0.05, 0.1) is 10.5 Å². The fourth-order valence-corrected chi connectivity index (χ4v) is 1.76. The number of nitrogens with zero attached hydrogens (tertiary/aromatic N) is 1. The molecule has 1 aromatic carbocycles. The Morgan fingerprint density at radius 2 is 1.88 bits per heavy atom. The van der Waals surface area contributed by atoms with Crippen molar-refractivity contribution in [2.24, 2.45) is 4.40 Å². The van der Waals surface area contributed by atoms with Crippen LogP contribution in [0.15, 0.2) is 28.7 Å². The summed E-state index contributed by atoms with van der Waals surface area (Å²) in [7, 11) is -1.24. The van der Waals surface area contributed by atoms with E-state index in [0.717, 1.165) is 5.56 Å². The molecule has 0 unspecified atom stereocenters. The van der Waals surface area contributed by atoms with E-state index < -0.39 is 11.0 Å². The van der Waals surface area contributed by atoms with Crippen molar-refractivity contribution in [1.29, 1.82) is 0 Å². The van der Waals surface area contributed by atoms with Crippen LogP contribution in [0.3, 0.4) is 0 Å². The molecule has 0 radical (unpaired) electrons. The molecule has 4 heteroatoms. The van der Waals surface area contributed by atoms with Crippen molar-refractivity contribution in [3.8, 4) is 0 Å². The Morgan fingerprint density at radius 3 is 2.38 bits per heavy atom. The maximum Gasteiger partial charge on any atom is 0.145 e. The van der Waals surface area contributed by atoms with Gasteiger partial charge in [0.15, 0.2) is 0 Å². The summed E-state index contributed by atoms with van der Waals surface area (Å²) in [4.78, 5) is 0. The number of nitrogens with two attached hydrogens (primary N) is 1. The van der Waals surface area contributed by atoms with Crippen molar-refractivity contribution >= 4 is 22.4 Å². The summed E-state index contributed by atoms with van der Waals surface area (Å²) < 4.78 is 15.7. The molecule has 3 nitrogen and oxygen atoms in total. The highest BCUT2D eigenvalue weighted by Gasteiger charge is 2.19. The van der Waals surface area contributed by atoms with Crippen molar-refractivity contribution in [1.82, 2.24) is 0 Å². The molecular weight excluding hydrogens is 220 g/mol. The predicted molar refractivity (Wildman–Crippen MR) is 71.0 cm³/mol. The lowest BCUT2D eigenvalue weighted by Gasteiger charge is -2.14. The Balaban J connectivity index is 3.04. The summed E-state index contributed by atoms with van der Waals surface area (Å²) in [6.07, 6.45) is 0. The lowest BCUT2D eigenvalue weighted by molar-refractivity contribution is 0.650. The molecule has 0 aliphatic heterocycles. The first-order chi connectivity index (χ1) is 7.32. The minimum atomic E-state index is -1.24. The second-order valence-electron chi connectivity index (χ2n) is 4.63. The van der Waals surface area contributed by atoms with Gasteiger partial charge >= 0.3 is 0 Å². The molecule has 0 bridgehead atoms. The van der Waals surface area contributed by atoms with Gasteiger partial charge in [0, 0.05) is 11.3 Å². The van der Waals surface area contributed by atoms with Crippen LogP contribution in [0, 0.1) is 0 Å². The van der Waals surface area contributed by atoms with Crippen molar-refractivity contribution in [2.75, 3.05) is 5.73 Å². The van der Waals surface area contributed by atoms with Gasteiger partial charge in [-0.25, -0.2) is 4.21 Å². The number of rotatable bonds is 2. The van der Waals surface area contributed by atoms with Gasteiger partial charge in [0.25, 0.3) is 0 Å². The third-order valence-corrected chi connectivity index (χ3v) is 3.58. The Bertz CT molecular complexity index is 433. The Kier molecular flexibility index (Phi) is 3.86. The summed E-state index contributed by atoms with van der Waals surface area (Å²) in [5, 5.41) is 0. The van der Waals surface area contributed by atoms with Crippen LogP contribution in [0.4, 0.5) is 5.69 Å². The molecule has 0 aromatic heterocycles. The zero-order valence-corrected chi connectivity index (χ0v) is 11.0. The molecule has 0 aliphatic rings. The lowest BCUT2D eigenvalue weighted by Crippen LogP contribution is -2.20. The minimum Gasteiger partial charge on any atom is -0.398 e. The highest BCUT2D eigenvalue weighted by Crippen LogP contribution is 2.16. The summed E-state index contributed by atoms with van der Waals surface area (Å²) in [6, 6.07) is 7.46. The van der Waals surface area contributed by atoms with E-state index in [1.807, 2.05) is 52.0 Å². The van der Waals surface area contributed by atoms with Gasteiger partial charge in [-0.3, -0.25) is 0 Å². The molecule has 0 saturated heterocycles. The van der Waals surface area contributed by atoms with E-state index in [0.29, 0.717) is 11.4 Å². The van der Waals surface area contributed by atoms with Crippen LogP contribution >= 0.6 is 0 Å². The van der Waals surface area contributed by atoms with Crippen molar-refractivity contribution in [3.05, 3.63) is 29.8 Å². The molecule has 16 heavy (non-hydrogen) atoms. The minimum absolute atomic E-state index is 0.342. The predicted octanol–water partition coefficient (Wildman–Crippen LogP) is 2.54. The van der Waals surface area contributed by atoms with Gasteiger partial charge in [-0.15, -0.1) is 0 Å². The summed E-state index contributed by atoms with van der Waals surface area (Å²) >= 11 is 0. The largest absolute Gasteiger partial charge is 0.398 e. The van der Waals surface area contributed by atoms with Gasteiger partial charge in [-0.2, -0.15) is 4.40 Å². The molecule has 1 aromatic rings. The fourth-order valence-electron chi connectivity index (χ4n) is 1.14. The third-order valence-electron chi connectivity index (χ3n) is 2.09. The maximum absolute atomic E-state index is 11.8. The van der Waals surface area contributed by atoms with Crippen LogP contribution < -0.4 is 5.73 Å². The van der Waals surface area contributed by atoms with E-state index in [1.165, 1.54) is 0 Å². The smallest absolute Gasteiger partial charge is 0.145 e. The SMILES string of the molecule is C/C(=N\[S@](=O)C(C)(C)C)c1ccccc1N. The quantitative estimate of drug-likeness (QED) is 0.636. The van der Waals surface area contributed by atoms with Gasteiger partial charge in [-0.1, -0.05) is 18.2 Å². The number of nitrogen functional groups attached to an aromatic ring is 1. The van der Waals surface area contributed by atoms with E-state index in [4.69, 9.17) is 5.73 Å². The van der Waals surface area contributed by atoms with Crippen LogP contribution in [0.5, 0.6) is 0 Å². The first-order valence-corrected chi connectivity index (χ1v) is 6.25. The molecule has 2 N–H and O–H groups in total. The number of hydrogen-bond donors (Lipinski definition) is 1. The Hall–Kier alpha value is -1.16. The van der Waals surface area contributed by atoms with Crippen molar-refractivity contribution in [3.63, 3.8) is 0 Å². The number of benzene rings is 1. The van der Waals surface area contributed by atoms with Crippen molar-refractivity contribution in [2.45, 2.75) is 32.4 Å². The second kappa shape index (κ2) is 4.78. The van der Waals surface area contributed by atoms with E-state index in [9.17, 15) is 4.21 Å². The molecule has 0 saturated carbocycles. The van der Waals surface area contributed by atoms with Crippen LogP contribution in [-0.2, 0) is 11.0 Å². The molecule has 0 fully saturated rings. The van der Waals surface area contributed by atoms with Crippen molar-refractivity contribution < 1.29 is 4.21 Å². The van der Waals surface area contributed by atoms with E-state index >= 15 is 0 Å². The zero-order valence-electron chi connectivity index (χ0n) is 10.2. The first kappa shape index (κ1) is 12.9. The molecule has 0 spiro atoms. The molecule has 0 aliphatic carbocycles. The number of para-hydroxylation sites is 1. The molecule has 88 valence electrons.